The zero-order valence-corrected chi connectivity index (χ0v) is 19.2. The second-order valence-electron chi connectivity index (χ2n) is 8.17. The van der Waals surface area contributed by atoms with Crippen LogP contribution in [0, 0.1) is 0 Å². The highest BCUT2D eigenvalue weighted by molar-refractivity contribution is 7.91. The first-order valence-corrected chi connectivity index (χ1v) is 11.8. The molecule has 4 heterocycles. The van der Waals surface area contributed by atoms with Gasteiger partial charge in [0, 0.05) is 17.9 Å². The number of sulfone groups is 1. The van der Waals surface area contributed by atoms with Crippen molar-refractivity contribution < 1.29 is 21.6 Å². The number of rotatable bonds is 6. The number of nitrogens with one attached hydrogen (secondary N) is 1. The van der Waals surface area contributed by atoms with Crippen LogP contribution in [0.15, 0.2) is 35.6 Å². The summed E-state index contributed by atoms with van der Waals surface area (Å²) in [6, 6.07) is 3.72. The predicted octanol–water partition coefficient (Wildman–Crippen LogP) is 3.85. The summed E-state index contributed by atoms with van der Waals surface area (Å²) in [5, 5.41) is 11.5. The number of nitrogens with zero attached hydrogens (tertiary/aromatic N) is 6. The van der Waals surface area contributed by atoms with Crippen LogP contribution in [0.5, 0.6) is 0 Å². The van der Waals surface area contributed by atoms with Gasteiger partial charge in [-0.1, -0.05) is 13.8 Å². The number of alkyl halides is 3. The first-order valence-electron chi connectivity index (χ1n) is 10.2. The molecule has 0 fully saturated rings. The van der Waals surface area contributed by atoms with Crippen molar-refractivity contribution in [2.75, 3.05) is 11.1 Å². The van der Waals surface area contributed by atoms with Crippen molar-refractivity contribution in [1.82, 2.24) is 29.2 Å². The summed E-state index contributed by atoms with van der Waals surface area (Å²) in [6.45, 7) is 7.44. The molecule has 0 radical (unpaired) electrons. The van der Waals surface area contributed by atoms with E-state index >= 15 is 0 Å². The van der Waals surface area contributed by atoms with Crippen molar-refractivity contribution in [3.63, 3.8) is 0 Å². The monoisotopic (exact) mass is 481 g/mol. The van der Waals surface area contributed by atoms with Gasteiger partial charge in [0.15, 0.2) is 32.0 Å². The summed E-state index contributed by atoms with van der Waals surface area (Å²) in [5.41, 5.74) is -0.893. The van der Waals surface area contributed by atoms with E-state index in [0.717, 1.165) is 23.2 Å². The fraction of sp³-hybridized carbons (Fsp3) is 0.400. The van der Waals surface area contributed by atoms with E-state index in [1.54, 1.807) is 6.07 Å². The molecule has 0 aromatic carbocycles. The minimum absolute atomic E-state index is 0.0343. The third-order valence-corrected chi connectivity index (χ3v) is 7.03. The molecule has 13 heteroatoms. The van der Waals surface area contributed by atoms with Gasteiger partial charge in [0.05, 0.1) is 11.3 Å². The standard InChI is InChI=1S/C20H22F3N7O2S/c1-5-19(3,4)26-14-9-10-24-17-15(18(28-30(14)17)33(31,32)6-2)16-25-13-8-7-12(20(21,22)23)11-29(13)27-16/h7-11,26H,5-6H2,1-4H3. The Labute approximate surface area is 187 Å². The Balaban J connectivity index is 1.99. The van der Waals surface area contributed by atoms with Crippen molar-refractivity contribution >= 4 is 26.9 Å². The molecule has 0 aliphatic heterocycles. The van der Waals surface area contributed by atoms with Crippen molar-refractivity contribution in [2.45, 2.75) is 50.9 Å². The maximum Gasteiger partial charge on any atom is 0.417 e. The zero-order chi connectivity index (χ0) is 24.2. The summed E-state index contributed by atoms with van der Waals surface area (Å²) < 4.78 is 67.4. The van der Waals surface area contributed by atoms with Crippen LogP contribution < -0.4 is 5.32 Å². The second kappa shape index (κ2) is 7.68. The molecule has 0 atom stereocenters. The molecule has 0 amide bonds. The molecule has 9 nitrogen and oxygen atoms in total. The van der Waals surface area contributed by atoms with Crippen LogP contribution in [0.25, 0.3) is 22.7 Å². The second-order valence-corrected chi connectivity index (χ2v) is 10.4. The highest BCUT2D eigenvalue weighted by Gasteiger charge is 2.32. The molecule has 176 valence electrons. The van der Waals surface area contributed by atoms with Gasteiger partial charge < -0.3 is 5.32 Å². The van der Waals surface area contributed by atoms with E-state index in [0.29, 0.717) is 5.82 Å². The van der Waals surface area contributed by atoms with Gasteiger partial charge in [0.2, 0.25) is 0 Å². The Kier molecular flexibility index (Phi) is 5.34. The van der Waals surface area contributed by atoms with Crippen molar-refractivity contribution in [3.8, 4) is 11.4 Å². The number of pyridine rings is 1. The van der Waals surface area contributed by atoms with Crippen molar-refractivity contribution in [1.29, 1.82) is 0 Å². The molecule has 0 unspecified atom stereocenters. The molecule has 0 bridgehead atoms. The van der Waals surface area contributed by atoms with E-state index < -0.39 is 21.6 Å². The summed E-state index contributed by atoms with van der Waals surface area (Å²) in [7, 11) is -3.84. The maximum atomic E-state index is 13.1. The lowest BCUT2D eigenvalue weighted by atomic mass is 10.0. The molecule has 0 aliphatic carbocycles. The van der Waals surface area contributed by atoms with E-state index in [9.17, 15) is 21.6 Å². The Bertz CT molecular complexity index is 1460. The minimum Gasteiger partial charge on any atom is -0.365 e. The van der Waals surface area contributed by atoms with Crippen molar-refractivity contribution in [2.24, 2.45) is 0 Å². The first kappa shape index (κ1) is 23.0. The van der Waals surface area contributed by atoms with Gasteiger partial charge in [0.25, 0.3) is 0 Å². The summed E-state index contributed by atoms with van der Waals surface area (Å²) >= 11 is 0. The number of hydrogen-bond donors (Lipinski definition) is 1. The van der Waals surface area contributed by atoms with Gasteiger partial charge >= 0.3 is 6.18 Å². The van der Waals surface area contributed by atoms with Gasteiger partial charge in [-0.2, -0.15) is 22.8 Å². The summed E-state index contributed by atoms with van der Waals surface area (Å²) in [6.07, 6.45) is -1.49. The Hall–Kier alpha value is -3.22. The highest BCUT2D eigenvalue weighted by atomic mass is 32.2. The van der Waals surface area contributed by atoms with Gasteiger partial charge in [-0.3, -0.25) is 0 Å². The molecule has 4 aromatic heterocycles. The predicted molar refractivity (Wildman–Crippen MR) is 116 cm³/mol. The number of hydrogen-bond acceptors (Lipinski definition) is 7. The molecule has 1 N–H and O–H groups in total. The normalized spacial score (nSPS) is 13.2. The molecule has 33 heavy (non-hydrogen) atoms. The molecule has 4 rings (SSSR count). The first-order chi connectivity index (χ1) is 15.4. The number of aromatic nitrogens is 6. The number of halogens is 3. The lowest BCUT2D eigenvalue weighted by molar-refractivity contribution is -0.137. The van der Waals surface area contributed by atoms with Crippen LogP contribution >= 0.6 is 0 Å². The molecule has 4 aromatic rings. The Morgan fingerprint density at radius 3 is 2.45 bits per heavy atom. The summed E-state index contributed by atoms with van der Waals surface area (Å²) in [4.78, 5) is 8.56. The molecular formula is C20H22F3N7O2S. The van der Waals surface area contributed by atoms with E-state index in [1.807, 2.05) is 20.8 Å². The lowest BCUT2D eigenvalue weighted by Gasteiger charge is -2.25. The van der Waals surface area contributed by atoms with Gasteiger partial charge in [-0.25, -0.2) is 22.9 Å². The highest BCUT2D eigenvalue weighted by Crippen LogP contribution is 2.33. The van der Waals surface area contributed by atoms with Crippen LogP contribution in [0.1, 0.15) is 39.7 Å². The molecule has 0 spiro atoms. The van der Waals surface area contributed by atoms with Crippen LogP contribution in [0.4, 0.5) is 19.0 Å². The molecule has 0 saturated carbocycles. The van der Waals surface area contributed by atoms with Crippen LogP contribution in [0.3, 0.4) is 0 Å². The molecule has 0 aliphatic rings. The van der Waals surface area contributed by atoms with E-state index in [1.165, 1.54) is 23.7 Å². The van der Waals surface area contributed by atoms with Crippen molar-refractivity contribution in [3.05, 3.63) is 36.2 Å². The maximum absolute atomic E-state index is 13.1. The third kappa shape index (κ3) is 4.12. The third-order valence-electron chi connectivity index (χ3n) is 5.39. The fourth-order valence-corrected chi connectivity index (χ4v) is 4.14. The average molecular weight is 482 g/mol. The zero-order valence-electron chi connectivity index (χ0n) is 18.3. The van der Waals surface area contributed by atoms with E-state index in [-0.39, 0.29) is 39.0 Å². The van der Waals surface area contributed by atoms with E-state index in [4.69, 9.17) is 0 Å². The topological polar surface area (TPSA) is 107 Å². The SMILES string of the molecule is CCC(C)(C)Nc1ccnc2c(-c3nc4ccc(C(F)(F)F)cn4n3)c(S(=O)(=O)CC)nn12. The van der Waals surface area contributed by atoms with E-state index in [2.05, 4.69) is 25.5 Å². The largest absolute Gasteiger partial charge is 0.417 e. The lowest BCUT2D eigenvalue weighted by Crippen LogP contribution is -2.30. The van der Waals surface area contributed by atoms with Crippen LogP contribution in [-0.4, -0.2) is 48.9 Å². The molecular weight excluding hydrogens is 459 g/mol. The summed E-state index contributed by atoms with van der Waals surface area (Å²) in [5.74, 6) is 0.183. The minimum atomic E-state index is -4.56. The van der Waals surface area contributed by atoms with Crippen LogP contribution in [0.2, 0.25) is 0 Å². The Morgan fingerprint density at radius 2 is 1.82 bits per heavy atom. The Morgan fingerprint density at radius 1 is 1.09 bits per heavy atom. The average Bonchev–Trinajstić information content (AvgIpc) is 3.34. The fourth-order valence-electron chi connectivity index (χ4n) is 3.16. The van der Waals surface area contributed by atoms with Gasteiger partial charge in [0.1, 0.15) is 11.4 Å². The number of anilines is 1. The van der Waals surface area contributed by atoms with Gasteiger partial charge in [-0.05, 0) is 38.5 Å². The quantitative estimate of drug-likeness (QED) is 0.446. The number of fused-ring (bicyclic) bond motifs is 2. The van der Waals surface area contributed by atoms with Crippen LogP contribution in [-0.2, 0) is 16.0 Å². The smallest absolute Gasteiger partial charge is 0.365 e. The molecule has 0 saturated heterocycles. The van der Waals surface area contributed by atoms with Gasteiger partial charge in [-0.15, -0.1) is 5.10 Å².